The van der Waals surface area contributed by atoms with Crippen LogP contribution in [0.1, 0.15) is 0 Å². The Morgan fingerprint density at radius 2 is 1.03 bits per heavy atom. The molecule has 0 amide bonds. The van der Waals surface area contributed by atoms with Gasteiger partial charge in [-0.3, -0.25) is 4.57 Å². The van der Waals surface area contributed by atoms with Crippen molar-refractivity contribution in [2.75, 3.05) is 0 Å². The topological polar surface area (TPSA) is 48.8 Å². The molecule has 0 fully saturated rings. The fourth-order valence-corrected chi connectivity index (χ4v) is 10.5. The van der Waals surface area contributed by atoms with Crippen molar-refractivity contribution >= 4 is 87.4 Å². The van der Waals surface area contributed by atoms with E-state index in [2.05, 4.69) is 215 Å². The van der Waals surface area contributed by atoms with Gasteiger partial charge in [0.1, 0.15) is 17.0 Å². The lowest BCUT2D eigenvalue weighted by molar-refractivity contribution is 0.669. The van der Waals surface area contributed by atoms with E-state index in [0.717, 1.165) is 88.9 Å². The molecule has 302 valence electrons. The summed E-state index contributed by atoms with van der Waals surface area (Å²) >= 11 is 0. The van der Waals surface area contributed by atoms with E-state index in [1.54, 1.807) is 0 Å². The van der Waals surface area contributed by atoms with Gasteiger partial charge in [-0.1, -0.05) is 127 Å². The van der Waals surface area contributed by atoms with Gasteiger partial charge < -0.3 is 8.98 Å². The van der Waals surface area contributed by atoms with Crippen LogP contribution in [0.4, 0.5) is 0 Å². The first-order valence-corrected chi connectivity index (χ1v) is 22.1. The molecule has 0 bridgehead atoms. The molecule has 0 saturated carbocycles. The van der Waals surface area contributed by atoms with Crippen molar-refractivity contribution in [1.29, 1.82) is 0 Å². The van der Waals surface area contributed by atoms with Crippen LogP contribution < -0.4 is 0 Å². The molecule has 0 N–H and O–H groups in total. The molecule has 0 radical (unpaired) electrons. The predicted molar refractivity (Wildman–Crippen MR) is 269 cm³/mol. The lowest BCUT2D eigenvalue weighted by atomic mass is 9.96. The third-order valence-electron chi connectivity index (χ3n) is 13.4. The second-order valence-corrected chi connectivity index (χ2v) is 16.9. The van der Waals surface area contributed by atoms with E-state index in [-0.39, 0.29) is 0 Å². The van der Waals surface area contributed by atoms with Gasteiger partial charge in [-0.2, -0.15) is 0 Å². The van der Waals surface area contributed by atoms with Crippen molar-refractivity contribution in [3.63, 3.8) is 0 Å². The molecule has 9 aromatic carbocycles. The van der Waals surface area contributed by atoms with Crippen molar-refractivity contribution in [3.8, 4) is 44.9 Å². The zero-order valence-electron chi connectivity index (χ0n) is 35.0. The molecule has 0 aliphatic carbocycles. The molecule has 5 heteroatoms. The summed E-state index contributed by atoms with van der Waals surface area (Å²) in [5, 5.41) is 10.5. The van der Waals surface area contributed by atoms with Crippen molar-refractivity contribution in [1.82, 2.24) is 19.1 Å². The first kappa shape index (κ1) is 35.8. The summed E-state index contributed by atoms with van der Waals surface area (Å²) in [5.41, 5.74) is 15.0. The SMILES string of the molecule is c1ccc(-c2cc(-n3c4ccc(-c5ccc6oc7cccc(-c8ccc9c(c8)c8ccccc8n9-c8ccccc8)c7c6c5)cc4c4c5ccccc5ccc43)nc3ncccc23)cc1. The Morgan fingerprint density at radius 3 is 1.91 bits per heavy atom. The Balaban J connectivity index is 0.962. The number of fused-ring (bicyclic) bond motifs is 12. The fraction of sp³-hybridized carbons (Fsp3) is 0. The fourth-order valence-electron chi connectivity index (χ4n) is 10.5. The molecule has 14 rings (SSSR count). The van der Waals surface area contributed by atoms with Gasteiger partial charge in [-0.05, 0) is 129 Å². The number of benzene rings is 9. The van der Waals surface area contributed by atoms with E-state index in [4.69, 9.17) is 14.4 Å². The minimum Gasteiger partial charge on any atom is -0.456 e. The number of nitrogens with zero attached hydrogens (tertiary/aromatic N) is 4. The van der Waals surface area contributed by atoms with Gasteiger partial charge >= 0.3 is 0 Å². The quantitative estimate of drug-likeness (QED) is 0.174. The Hall–Kier alpha value is -8.80. The maximum absolute atomic E-state index is 6.61. The first-order valence-electron chi connectivity index (χ1n) is 22.1. The zero-order chi connectivity index (χ0) is 42.6. The third-order valence-corrected chi connectivity index (χ3v) is 13.4. The highest BCUT2D eigenvalue weighted by Gasteiger charge is 2.21. The minimum atomic E-state index is 0.718. The Labute approximate surface area is 372 Å². The zero-order valence-corrected chi connectivity index (χ0v) is 35.0. The maximum atomic E-state index is 6.61. The van der Waals surface area contributed by atoms with Gasteiger partial charge in [-0.25, -0.2) is 9.97 Å². The number of furan rings is 1. The van der Waals surface area contributed by atoms with Gasteiger partial charge in [0.15, 0.2) is 5.65 Å². The van der Waals surface area contributed by atoms with Crippen LogP contribution in [0.15, 0.2) is 223 Å². The smallest absolute Gasteiger partial charge is 0.162 e. The second-order valence-electron chi connectivity index (χ2n) is 16.9. The first-order chi connectivity index (χ1) is 32.2. The monoisotopic (exact) mass is 828 g/mol. The molecule has 65 heavy (non-hydrogen) atoms. The van der Waals surface area contributed by atoms with E-state index < -0.39 is 0 Å². The highest BCUT2D eigenvalue weighted by molar-refractivity contribution is 6.22. The highest BCUT2D eigenvalue weighted by Crippen LogP contribution is 2.43. The summed E-state index contributed by atoms with van der Waals surface area (Å²) in [5.74, 6) is 0.833. The van der Waals surface area contributed by atoms with E-state index in [1.807, 2.05) is 12.3 Å². The molecule has 0 saturated heterocycles. The molecule has 0 unspecified atom stereocenters. The van der Waals surface area contributed by atoms with Gasteiger partial charge in [0.2, 0.25) is 0 Å². The number of para-hydroxylation sites is 2. The number of rotatable bonds is 5. The predicted octanol–water partition coefficient (Wildman–Crippen LogP) is 15.9. The van der Waals surface area contributed by atoms with Crippen LogP contribution in [0.25, 0.3) is 132 Å². The Morgan fingerprint density at radius 1 is 0.354 bits per heavy atom. The van der Waals surface area contributed by atoms with Gasteiger partial charge in [0, 0.05) is 49.6 Å². The molecule has 5 nitrogen and oxygen atoms in total. The molecule has 5 aromatic heterocycles. The maximum Gasteiger partial charge on any atom is 0.162 e. The largest absolute Gasteiger partial charge is 0.456 e. The summed E-state index contributed by atoms with van der Waals surface area (Å²) in [7, 11) is 0. The van der Waals surface area contributed by atoms with Crippen molar-refractivity contribution < 1.29 is 4.42 Å². The third kappa shape index (κ3) is 5.39. The molecule has 0 aliphatic rings. The van der Waals surface area contributed by atoms with Crippen LogP contribution in [0.3, 0.4) is 0 Å². The summed E-state index contributed by atoms with van der Waals surface area (Å²) < 4.78 is 11.3. The number of hydrogen-bond acceptors (Lipinski definition) is 3. The number of aromatic nitrogens is 4. The van der Waals surface area contributed by atoms with Crippen LogP contribution in [0.2, 0.25) is 0 Å². The molecule has 14 aromatic rings. The average molecular weight is 829 g/mol. The van der Waals surface area contributed by atoms with Crippen LogP contribution in [-0.2, 0) is 0 Å². The Kier molecular flexibility index (Phi) is 7.62. The van der Waals surface area contributed by atoms with Crippen molar-refractivity contribution in [2.24, 2.45) is 0 Å². The number of hydrogen-bond donors (Lipinski definition) is 0. The van der Waals surface area contributed by atoms with E-state index in [0.29, 0.717) is 0 Å². The van der Waals surface area contributed by atoms with Crippen LogP contribution in [0, 0.1) is 0 Å². The van der Waals surface area contributed by atoms with E-state index in [1.165, 1.54) is 43.4 Å². The highest BCUT2D eigenvalue weighted by atomic mass is 16.3. The van der Waals surface area contributed by atoms with Gasteiger partial charge in [0.25, 0.3) is 0 Å². The minimum absolute atomic E-state index is 0.718. The molecule has 5 heterocycles. The average Bonchev–Trinajstić information content (AvgIpc) is 4.03. The summed E-state index contributed by atoms with van der Waals surface area (Å²) in [6.07, 6.45) is 1.83. The van der Waals surface area contributed by atoms with E-state index in [9.17, 15) is 0 Å². The lowest BCUT2D eigenvalue weighted by Gasteiger charge is -2.12. The summed E-state index contributed by atoms with van der Waals surface area (Å²) in [6, 6.07) is 76.1. The molecular formula is C60H36N4O. The summed E-state index contributed by atoms with van der Waals surface area (Å²) in [6.45, 7) is 0. The van der Waals surface area contributed by atoms with Gasteiger partial charge in [0.05, 0.1) is 22.1 Å². The second kappa shape index (κ2) is 13.9. The molecular weight excluding hydrogens is 793 g/mol. The van der Waals surface area contributed by atoms with Crippen molar-refractivity contribution in [3.05, 3.63) is 219 Å². The lowest BCUT2D eigenvalue weighted by Crippen LogP contribution is -2.00. The van der Waals surface area contributed by atoms with Crippen LogP contribution in [0.5, 0.6) is 0 Å². The van der Waals surface area contributed by atoms with E-state index >= 15 is 0 Å². The molecule has 0 aliphatic heterocycles. The normalized spacial score (nSPS) is 12.0. The standard InChI is InChI=1S/C60H36N4O/c1-3-13-37(14-4-1)47-36-57(62-60-46(47)21-12-32-61-60)64-53-28-25-39(33-49(53)58-43-18-8-7-15-38(43)24-30-54(58)64)40-27-31-55-50(34-40)59-44(20-11-23-56(59)65-55)41-26-29-52-48(35-41)45-19-9-10-22-51(45)63(52)42-16-5-2-6-17-42/h1-36H. The van der Waals surface area contributed by atoms with Gasteiger partial charge in [-0.15, -0.1) is 0 Å². The van der Waals surface area contributed by atoms with Crippen molar-refractivity contribution in [2.45, 2.75) is 0 Å². The summed E-state index contributed by atoms with van der Waals surface area (Å²) in [4.78, 5) is 10.0. The number of pyridine rings is 2. The van der Waals surface area contributed by atoms with Crippen LogP contribution in [-0.4, -0.2) is 19.1 Å². The molecule has 0 spiro atoms. The van der Waals surface area contributed by atoms with Crippen LogP contribution >= 0.6 is 0 Å². The molecule has 0 atom stereocenters. The Bertz CT molecular complexity index is 4240.